The molecule has 108 heavy (non-hydrogen) atoms. The van der Waals surface area contributed by atoms with E-state index in [0.717, 1.165) is 143 Å². The van der Waals surface area contributed by atoms with E-state index in [1.807, 2.05) is 83.3 Å². The highest BCUT2D eigenvalue weighted by Crippen LogP contribution is 2.50. The van der Waals surface area contributed by atoms with Gasteiger partial charge in [-0.3, -0.25) is 9.13 Å². The van der Waals surface area contributed by atoms with Crippen molar-refractivity contribution in [1.29, 1.82) is 0 Å². The summed E-state index contributed by atoms with van der Waals surface area (Å²) in [5.41, 5.74) is 19.4. The van der Waals surface area contributed by atoms with Gasteiger partial charge in [0.25, 0.3) is 0 Å². The third-order valence-electron chi connectivity index (χ3n) is 21.5. The van der Waals surface area contributed by atoms with Crippen molar-refractivity contribution in [2.75, 3.05) is 0 Å². The molecule has 23 rings (SSSR count). The first-order valence-electron chi connectivity index (χ1n) is 36.0. The Morgan fingerprint density at radius 2 is 0.509 bits per heavy atom. The Kier molecular flexibility index (Phi) is 13.3. The maximum Gasteiger partial charge on any atom is 0.238 e. The summed E-state index contributed by atoms with van der Waals surface area (Å²) < 4.78 is 23.1. The average Bonchev–Trinajstić information content (AvgIpc) is 1.55. The molecule has 0 aliphatic rings. The van der Waals surface area contributed by atoms with Crippen molar-refractivity contribution < 1.29 is 8.83 Å². The van der Waals surface area contributed by atoms with Crippen molar-refractivity contribution in [3.8, 4) is 102 Å². The van der Waals surface area contributed by atoms with Crippen LogP contribution in [0, 0.1) is 0 Å². The summed E-state index contributed by atoms with van der Waals surface area (Å²) in [4.78, 5) is 32.1. The van der Waals surface area contributed by atoms with E-state index in [1.165, 1.54) is 51.1 Å². The normalized spacial score (nSPS) is 12.1. The van der Waals surface area contributed by atoms with Gasteiger partial charge in [0.15, 0.2) is 23.3 Å². The van der Waals surface area contributed by atoms with E-state index in [1.54, 1.807) is 0 Å². The molecule has 0 saturated carbocycles. The molecular weight excluding hydrogens is 1360 g/mol. The smallest absolute Gasteiger partial charge is 0.238 e. The minimum Gasteiger partial charge on any atom is -0.455 e. The lowest BCUT2D eigenvalue weighted by Gasteiger charge is -2.12. The van der Waals surface area contributed by atoms with E-state index in [2.05, 4.69) is 276 Å². The molecule has 502 valence electrons. The van der Waals surface area contributed by atoms with Crippen molar-refractivity contribution in [1.82, 2.24) is 39.0 Å². The van der Waals surface area contributed by atoms with Gasteiger partial charge in [0.05, 0.1) is 32.8 Å². The first-order chi connectivity index (χ1) is 53.5. The molecule has 10 nitrogen and oxygen atoms in total. The Hall–Kier alpha value is -14.0. The van der Waals surface area contributed by atoms with Crippen molar-refractivity contribution >= 4 is 151 Å². The zero-order valence-corrected chi connectivity index (χ0v) is 59.0. The molecule has 0 amide bonds. The molecule has 0 aliphatic carbocycles. The van der Waals surface area contributed by atoms with Crippen molar-refractivity contribution in [3.05, 3.63) is 328 Å². The third-order valence-corrected chi connectivity index (χ3v) is 23.9. The molecule has 23 aromatic rings. The quantitative estimate of drug-likeness (QED) is 0.133. The van der Waals surface area contributed by atoms with E-state index in [4.69, 9.17) is 38.7 Å². The molecule has 0 spiro atoms. The predicted octanol–water partition coefficient (Wildman–Crippen LogP) is 26.1. The Morgan fingerprint density at radius 3 is 0.917 bits per heavy atom. The van der Waals surface area contributed by atoms with Crippen LogP contribution in [0.15, 0.2) is 336 Å². The van der Waals surface area contributed by atoms with Crippen LogP contribution in [0.4, 0.5) is 0 Å². The number of furan rings is 2. The van der Waals surface area contributed by atoms with Gasteiger partial charge in [-0.15, -0.1) is 22.7 Å². The van der Waals surface area contributed by atoms with Crippen LogP contribution in [0.3, 0.4) is 0 Å². The monoisotopic (exact) mass is 1410 g/mol. The number of fused-ring (bicyclic) bond motifs is 22. The molecular formula is C96H54N8O2S2. The molecule has 0 radical (unpaired) electrons. The zero-order chi connectivity index (χ0) is 70.7. The fourth-order valence-electron chi connectivity index (χ4n) is 16.3. The van der Waals surface area contributed by atoms with Gasteiger partial charge in [-0.2, -0.15) is 19.9 Å². The average molecular weight is 1420 g/mol. The van der Waals surface area contributed by atoms with Gasteiger partial charge in [0.1, 0.15) is 22.3 Å². The number of thiophene rings is 2. The van der Waals surface area contributed by atoms with E-state index < -0.39 is 0 Å². The number of para-hydroxylation sites is 2. The number of benzene rings is 15. The van der Waals surface area contributed by atoms with E-state index in [0.29, 0.717) is 35.2 Å². The van der Waals surface area contributed by atoms with Crippen molar-refractivity contribution in [3.63, 3.8) is 0 Å². The summed E-state index contributed by atoms with van der Waals surface area (Å²) >= 11 is 3.72. The SMILES string of the molecule is c1ccc(-c2ccc(-c3nc(-c4ccc(-c5ccc(-c6cccc(-c7ccc(-c8nc(-c9ccccc9)nc(-n9c%10ccc%11c%12ccccc%12oc%11c%10c%10c%11oc%12ccccc%12c%11ccc%109)n8)cc7)c6)cc5)cc4)nc(-n4c5ccc6c7ccccc7sc6c5c5c6sc7ccccc7c6ccc54)n3)cc2)cc1. The Bertz CT molecular complexity index is 7390. The van der Waals surface area contributed by atoms with E-state index in [9.17, 15) is 0 Å². The first kappa shape index (κ1) is 60.4. The minimum atomic E-state index is 0.480. The molecule has 0 aliphatic heterocycles. The van der Waals surface area contributed by atoms with Crippen LogP contribution in [0.5, 0.6) is 0 Å². The predicted molar refractivity (Wildman–Crippen MR) is 446 cm³/mol. The minimum absolute atomic E-state index is 0.480. The summed E-state index contributed by atoms with van der Waals surface area (Å²) in [6.07, 6.45) is 0. The van der Waals surface area contributed by atoms with Crippen LogP contribution < -0.4 is 0 Å². The second-order valence-corrected chi connectivity index (χ2v) is 29.7. The molecule has 0 N–H and O–H groups in total. The highest BCUT2D eigenvalue weighted by molar-refractivity contribution is 7.28. The van der Waals surface area contributed by atoms with Crippen LogP contribution in [-0.4, -0.2) is 39.0 Å². The molecule has 8 heterocycles. The van der Waals surface area contributed by atoms with Gasteiger partial charge in [-0.1, -0.05) is 261 Å². The van der Waals surface area contributed by atoms with Crippen LogP contribution in [0.2, 0.25) is 0 Å². The summed E-state index contributed by atoms with van der Waals surface area (Å²) in [5, 5.41) is 13.5. The Morgan fingerprint density at radius 1 is 0.213 bits per heavy atom. The van der Waals surface area contributed by atoms with Crippen LogP contribution >= 0.6 is 22.7 Å². The van der Waals surface area contributed by atoms with Gasteiger partial charge in [-0.25, -0.2) is 9.97 Å². The molecule has 0 unspecified atom stereocenters. The van der Waals surface area contributed by atoms with Gasteiger partial charge < -0.3 is 8.83 Å². The highest BCUT2D eigenvalue weighted by Gasteiger charge is 2.28. The van der Waals surface area contributed by atoms with Gasteiger partial charge in [0, 0.05) is 94.9 Å². The highest BCUT2D eigenvalue weighted by atomic mass is 32.1. The summed E-state index contributed by atoms with van der Waals surface area (Å²) in [6, 6.07) is 116. The summed E-state index contributed by atoms with van der Waals surface area (Å²) in [7, 11) is 0. The fourth-order valence-corrected chi connectivity index (χ4v) is 18.9. The maximum absolute atomic E-state index is 6.80. The number of aromatic nitrogens is 8. The molecule has 0 saturated heterocycles. The molecule has 8 aromatic heterocycles. The lowest BCUT2D eigenvalue weighted by molar-refractivity contribution is 0.670. The van der Waals surface area contributed by atoms with Crippen molar-refractivity contribution in [2.45, 2.75) is 0 Å². The topological polar surface area (TPSA) is 113 Å². The Balaban J connectivity index is 0.582. The molecule has 12 heteroatoms. The standard InChI is InChI=1S/C96H54N8O2S2/c1-3-16-55(17-4-1)56-34-40-62(41-35-56)93-98-94(102-96(101-93)104-77-52-48-73-69-24-9-13-28-81(69)107-89(73)85(77)86-78(104)53-49-74-70-25-10-14-29-82(70)108-90(74)86)63-42-36-58(37-43-63)57-30-32-59(33-31-57)65-20-15-21-66(54-65)60-38-44-64(45-39-60)92-97-91(61-18-5-2-6-19-61)99-95(100-92)103-75-50-46-71-67-22-7-11-26-79(67)105-87(71)83(75)84-76(103)51-47-72-68-23-8-12-27-80(68)106-88(72)84/h1-54H. The van der Waals surface area contributed by atoms with Crippen molar-refractivity contribution in [2.24, 2.45) is 0 Å². The largest absolute Gasteiger partial charge is 0.455 e. The fraction of sp³-hybridized carbons (Fsp3) is 0. The molecule has 0 atom stereocenters. The van der Waals surface area contributed by atoms with Crippen LogP contribution in [-0.2, 0) is 0 Å². The molecule has 0 fully saturated rings. The van der Waals surface area contributed by atoms with E-state index in [-0.39, 0.29) is 0 Å². The second kappa shape index (κ2) is 23.7. The first-order valence-corrected chi connectivity index (χ1v) is 37.7. The van der Waals surface area contributed by atoms with Crippen LogP contribution in [0.1, 0.15) is 0 Å². The lowest BCUT2D eigenvalue weighted by atomic mass is 9.96. The van der Waals surface area contributed by atoms with Gasteiger partial charge in [-0.05, 0) is 111 Å². The third kappa shape index (κ3) is 9.44. The lowest BCUT2D eigenvalue weighted by Crippen LogP contribution is -2.06. The molecule has 0 bridgehead atoms. The number of nitrogens with zero attached hydrogens (tertiary/aromatic N) is 8. The summed E-state index contributed by atoms with van der Waals surface area (Å²) in [6.45, 7) is 0. The summed E-state index contributed by atoms with van der Waals surface area (Å²) in [5.74, 6) is 3.33. The number of hydrogen-bond acceptors (Lipinski definition) is 10. The number of hydrogen-bond donors (Lipinski definition) is 0. The van der Waals surface area contributed by atoms with Gasteiger partial charge >= 0.3 is 0 Å². The van der Waals surface area contributed by atoms with E-state index >= 15 is 0 Å². The number of rotatable bonds is 10. The maximum atomic E-state index is 6.80. The molecule has 15 aromatic carbocycles. The second-order valence-electron chi connectivity index (χ2n) is 27.6. The van der Waals surface area contributed by atoms with Crippen LogP contribution in [0.25, 0.3) is 230 Å². The van der Waals surface area contributed by atoms with Gasteiger partial charge in [0.2, 0.25) is 11.9 Å². The Labute approximate surface area is 623 Å². The zero-order valence-electron chi connectivity index (χ0n) is 57.4.